The molecule has 1 saturated carbocycles. The molecule has 2 rings (SSSR count). The molecule has 3 unspecified atom stereocenters. The van der Waals surface area contributed by atoms with Crippen LogP contribution in [0.2, 0.25) is 5.15 Å². The Morgan fingerprint density at radius 1 is 1.50 bits per heavy atom. The van der Waals surface area contributed by atoms with E-state index in [9.17, 15) is 0 Å². The van der Waals surface area contributed by atoms with Crippen LogP contribution in [0.4, 0.5) is 0 Å². The van der Waals surface area contributed by atoms with Crippen molar-refractivity contribution in [1.82, 2.24) is 15.1 Å². The van der Waals surface area contributed by atoms with Crippen LogP contribution in [-0.2, 0) is 13.5 Å². The fourth-order valence-electron chi connectivity index (χ4n) is 3.25. The normalized spacial score (nSPS) is 25.6. The smallest absolute Gasteiger partial charge is 0.130 e. The van der Waals surface area contributed by atoms with Gasteiger partial charge in [0.2, 0.25) is 0 Å². The van der Waals surface area contributed by atoms with Gasteiger partial charge >= 0.3 is 0 Å². The highest BCUT2D eigenvalue weighted by molar-refractivity contribution is 6.30. The molecule has 1 aromatic heterocycles. The van der Waals surface area contributed by atoms with E-state index in [0.717, 1.165) is 29.1 Å². The van der Waals surface area contributed by atoms with Crippen molar-refractivity contribution in [2.45, 2.75) is 45.6 Å². The summed E-state index contributed by atoms with van der Waals surface area (Å²) >= 11 is 6.32. The van der Waals surface area contributed by atoms with Gasteiger partial charge < -0.3 is 5.32 Å². The van der Waals surface area contributed by atoms with Crippen molar-refractivity contribution >= 4 is 11.6 Å². The van der Waals surface area contributed by atoms with Crippen LogP contribution in [0.5, 0.6) is 0 Å². The fraction of sp³-hybridized carbons (Fsp3) is 0.786. The van der Waals surface area contributed by atoms with Crippen molar-refractivity contribution in [3.05, 3.63) is 16.4 Å². The van der Waals surface area contributed by atoms with E-state index in [2.05, 4.69) is 24.4 Å². The molecule has 1 fully saturated rings. The van der Waals surface area contributed by atoms with Crippen LogP contribution in [0, 0.1) is 18.8 Å². The van der Waals surface area contributed by atoms with Gasteiger partial charge in [-0.25, -0.2) is 0 Å². The second-order valence-corrected chi connectivity index (χ2v) is 6.11. The van der Waals surface area contributed by atoms with E-state index >= 15 is 0 Å². The van der Waals surface area contributed by atoms with Crippen molar-refractivity contribution in [1.29, 1.82) is 0 Å². The lowest BCUT2D eigenvalue weighted by molar-refractivity contribution is 0.367. The number of aryl methyl sites for hydroxylation is 2. The SMILES string of the molecule is CNC(Cc1c(C)nn(C)c1Cl)C1CCC(C)C1. The molecule has 1 aliphatic carbocycles. The maximum atomic E-state index is 6.32. The molecule has 1 aromatic rings. The summed E-state index contributed by atoms with van der Waals surface area (Å²) in [5.41, 5.74) is 2.27. The third-order valence-electron chi connectivity index (χ3n) is 4.37. The summed E-state index contributed by atoms with van der Waals surface area (Å²) in [7, 11) is 3.97. The van der Waals surface area contributed by atoms with Crippen LogP contribution < -0.4 is 5.32 Å². The van der Waals surface area contributed by atoms with Gasteiger partial charge in [0.15, 0.2) is 0 Å². The topological polar surface area (TPSA) is 29.9 Å². The lowest BCUT2D eigenvalue weighted by atomic mass is 9.92. The third kappa shape index (κ3) is 2.72. The van der Waals surface area contributed by atoms with Gasteiger partial charge in [0.05, 0.1) is 5.69 Å². The van der Waals surface area contributed by atoms with Crippen LogP contribution in [0.25, 0.3) is 0 Å². The molecule has 18 heavy (non-hydrogen) atoms. The lowest BCUT2D eigenvalue weighted by Crippen LogP contribution is -2.34. The minimum absolute atomic E-state index is 0.523. The molecule has 4 heteroatoms. The van der Waals surface area contributed by atoms with Gasteiger partial charge in [-0.05, 0) is 45.1 Å². The molecule has 0 amide bonds. The number of aromatic nitrogens is 2. The Morgan fingerprint density at radius 3 is 2.67 bits per heavy atom. The van der Waals surface area contributed by atoms with Crippen molar-refractivity contribution in [3.63, 3.8) is 0 Å². The first kappa shape index (κ1) is 13.9. The quantitative estimate of drug-likeness (QED) is 0.911. The summed E-state index contributed by atoms with van der Waals surface area (Å²) in [5, 5.41) is 8.67. The Hall–Kier alpha value is -0.540. The molecule has 1 aliphatic rings. The van der Waals surface area contributed by atoms with E-state index in [1.807, 2.05) is 14.0 Å². The van der Waals surface area contributed by atoms with Crippen LogP contribution in [0.3, 0.4) is 0 Å². The van der Waals surface area contributed by atoms with Crippen LogP contribution in [0.15, 0.2) is 0 Å². The van der Waals surface area contributed by atoms with Gasteiger partial charge in [0.25, 0.3) is 0 Å². The number of rotatable bonds is 4. The molecule has 0 aliphatic heterocycles. The van der Waals surface area contributed by atoms with Crippen molar-refractivity contribution in [2.24, 2.45) is 18.9 Å². The van der Waals surface area contributed by atoms with Gasteiger partial charge in [-0.1, -0.05) is 24.9 Å². The number of likely N-dealkylation sites (N-methyl/N-ethyl adjacent to an activating group) is 1. The highest BCUT2D eigenvalue weighted by Crippen LogP contribution is 2.34. The largest absolute Gasteiger partial charge is 0.316 e. The van der Waals surface area contributed by atoms with Crippen LogP contribution in [0.1, 0.15) is 37.4 Å². The summed E-state index contributed by atoms with van der Waals surface area (Å²) in [4.78, 5) is 0. The molecule has 1 heterocycles. The summed E-state index contributed by atoms with van der Waals surface area (Å²) < 4.78 is 1.77. The van der Waals surface area contributed by atoms with Crippen LogP contribution in [-0.4, -0.2) is 22.9 Å². The average molecular weight is 270 g/mol. The molecule has 0 bridgehead atoms. The highest BCUT2D eigenvalue weighted by Gasteiger charge is 2.29. The van der Waals surface area contributed by atoms with E-state index in [4.69, 9.17) is 11.6 Å². The first-order valence-electron chi connectivity index (χ1n) is 6.88. The Bertz CT molecular complexity index is 413. The summed E-state index contributed by atoms with van der Waals surface area (Å²) in [6.45, 7) is 4.40. The van der Waals surface area contributed by atoms with Crippen molar-refractivity contribution in [2.75, 3.05) is 7.05 Å². The molecule has 3 nitrogen and oxygen atoms in total. The predicted octanol–water partition coefficient (Wildman–Crippen LogP) is 2.95. The molecular formula is C14H24ClN3. The molecular weight excluding hydrogens is 246 g/mol. The highest BCUT2D eigenvalue weighted by atomic mass is 35.5. The van der Waals surface area contributed by atoms with E-state index in [0.29, 0.717) is 6.04 Å². The molecule has 0 radical (unpaired) electrons. The van der Waals surface area contributed by atoms with Crippen molar-refractivity contribution in [3.8, 4) is 0 Å². The lowest BCUT2D eigenvalue weighted by Gasteiger charge is -2.23. The summed E-state index contributed by atoms with van der Waals surface area (Å²) in [6.07, 6.45) is 5.03. The van der Waals surface area contributed by atoms with E-state index in [1.54, 1.807) is 4.68 Å². The Kier molecular flexibility index (Phi) is 4.33. The number of nitrogens with zero attached hydrogens (tertiary/aromatic N) is 2. The van der Waals surface area contributed by atoms with E-state index in [-0.39, 0.29) is 0 Å². The first-order chi connectivity index (χ1) is 8.52. The Morgan fingerprint density at radius 2 is 2.22 bits per heavy atom. The van der Waals surface area contributed by atoms with Gasteiger partial charge in [-0.2, -0.15) is 5.10 Å². The second kappa shape index (κ2) is 5.62. The average Bonchev–Trinajstić information content (AvgIpc) is 2.84. The molecule has 3 atom stereocenters. The van der Waals surface area contributed by atoms with Gasteiger partial charge in [0.1, 0.15) is 5.15 Å². The first-order valence-corrected chi connectivity index (χ1v) is 7.26. The number of halogens is 1. The Balaban J connectivity index is 2.10. The monoisotopic (exact) mass is 269 g/mol. The van der Waals surface area contributed by atoms with E-state index in [1.165, 1.54) is 24.8 Å². The van der Waals surface area contributed by atoms with E-state index < -0.39 is 0 Å². The number of hydrogen-bond acceptors (Lipinski definition) is 2. The second-order valence-electron chi connectivity index (χ2n) is 5.76. The van der Waals surface area contributed by atoms with Crippen LogP contribution >= 0.6 is 11.6 Å². The van der Waals surface area contributed by atoms with Crippen molar-refractivity contribution < 1.29 is 0 Å². The molecule has 0 spiro atoms. The molecule has 102 valence electrons. The Labute approximate surface area is 115 Å². The maximum absolute atomic E-state index is 6.32. The standard InChI is InChI=1S/C14H24ClN3/c1-9-5-6-11(7-9)13(16-3)8-12-10(2)17-18(4)14(12)15/h9,11,13,16H,5-8H2,1-4H3. The molecule has 1 N–H and O–H groups in total. The molecule has 0 saturated heterocycles. The fourth-order valence-corrected chi connectivity index (χ4v) is 3.50. The summed E-state index contributed by atoms with van der Waals surface area (Å²) in [5.74, 6) is 1.65. The zero-order valence-corrected chi connectivity index (χ0v) is 12.6. The predicted molar refractivity (Wildman–Crippen MR) is 76.0 cm³/mol. The third-order valence-corrected chi connectivity index (χ3v) is 4.84. The minimum atomic E-state index is 0.523. The van der Waals surface area contributed by atoms with Gasteiger partial charge in [0, 0.05) is 18.7 Å². The maximum Gasteiger partial charge on any atom is 0.130 e. The zero-order valence-electron chi connectivity index (χ0n) is 11.8. The number of hydrogen-bond donors (Lipinski definition) is 1. The van der Waals surface area contributed by atoms with Gasteiger partial charge in [-0.15, -0.1) is 0 Å². The number of nitrogens with one attached hydrogen (secondary N) is 1. The summed E-state index contributed by atoms with van der Waals surface area (Å²) in [6, 6.07) is 0.523. The molecule has 0 aromatic carbocycles. The minimum Gasteiger partial charge on any atom is -0.316 e. The van der Waals surface area contributed by atoms with Gasteiger partial charge in [-0.3, -0.25) is 4.68 Å². The zero-order chi connectivity index (χ0) is 13.3.